The topological polar surface area (TPSA) is 3.24 Å². The van der Waals surface area contributed by atoms with Gasteiger partial charge in [-0.1, -0.05) is 49.8 Å². The van der Waals surface area contributed by atoms with Crippen LogP contribution < -0.4 is 0 Å². The summed E-state index contributed by atoms with van der Waals surface area (Å²) in [6, 6.07) is 0. The smallest absolute Gasteiger partial charge is 0.0417 e. The van der Waals surface area contributed by atoms with Gasteiger partial charge in [0.2, 0.25) is 0 Å². The molecule has 24 heavy (non-hydrogen) atoms. The van der Waals surface area contributed by atoms with Gasteiger partial charge in [-0.05, 0) is 61.2 Å². The van der Waals surface area contributed by atoms with Crippen molar-refractivity contribution in [1.82, 2.24) is 4.90 Å². The Hall–Kier alpha value is -1.94. The van der Waals surface area contributed by atoms with Crippen molar-refractivity contribution in [3.05, 3.63) is 59.4 Å². The summed E-state index contributed by atoms with van der Waals surface area (Å²) in [6.45, 7) is 11.1. The van der Waals surface area contributed by atoms with Gasteiger partial charge in [0.25, 0.3) is 0 Å². The van der Waals surface area contributed by atoms with Crippen molar-refractivity contribution in [1.29, 1.82) is 0 Å². The molecule has 0 aromatic heterocycles. The lowest BCUT2D eigenvalue weighted by Gasteiger charge is -2.37. The minimum absolute atomic E-state index is 0.295. The molecule has 1 heterocycles. The molecule has 0 bridgehead atoms. The molecule has 2 atom stereocenters. The first-order valence-corrected chi connectivity index (χ1v) is 9.26. The molecule has 2 unspecified atom stereocenters. The molecule has 2 aliphatic carbocycles. The summed E-state index contributed by atoms with van der Waals surface area (Å²) in [6.07, 6.45) is 21.7. The highest BCUT2D eigenvalue weighted by atomic mass is 15.1. The molecule has 0 spiro atoms. The van der Waals surface area contributed by atoms with E-state index in [-0.39, 0.29) is 0 Å². The SMILES string of the molecule is C#CC1C=CC(C2CCN(C(=C)C3=CCC(C)C=C3C)CC2)=CC1. The molecule has 126 valence electrons. The first-order valence-electron chi connectivity index (χ1n) is 9.26. The van der Waals surface area contributed by atoms with Gasteiger partial charge in [-0.3, -0.25) is 0 Å². The van der Waals surface area contributed by atoms with E-state index in [0.717, 1.165) is 25.9 Å². The normalized spacial score (nSPS) is 27.9. The second-order valence-electron chi connectivity index (χ2n) is 7.46. The van der Waals surface area contributed by atoms with Crippen LogP contribution in [0.15, 0.2) is 59.4 Å². The molecule has 0 aromatic rings. The van der Waals surface area contributed by atoms with Gasteiger partial charge in [0.15, 0.2) is 0 Å². The van der Waals surface area contributed by atoms with Gasteiger partial charge in [0, 0.05) is 24.7 Å². The second-order valence-corrected chi connectivity index (χ2v) is 7.46. The van der Waals surface area contributed by atoms with Crippen molar-refractivity contribution in [2.75, 3.05) is 13.1 Å². The molecule has 3 aliphatic rings. The zero-order chi connectivity index (χ0) is 17.1. The fourth-order valence-electron chi connectivity index (χ4n) is 4.11. The van der Waals surface area contributed by atoms with Gasteiger partial charge in [-0.25, -0.2) is 0 Å². The largest absolute Gasteiger partial charge is 0.371 e. The summed E-state index contributed by atoms with van der Waals surface area (Å²) in [4.78, 5) is 2.48. The van der Waals surface area contributed by atoms with Crippen molar-refractivity contribution >= 4 is 0 Å². The van der Waals surface area contributed by atoms with Crippen molar-refractivity contribution in [3.63, 3.8) is 0 Å². The van der Waals surface area contributed by atoms with Crippen LogP contribution >= 0.6 is 0 Å². The molecule has 0 N–H and O–H groups in total. The third kappa shape index (κ3) is 3.59. The quantitative estimate of drug-likeness (QED) is 0.641. The molecule has 3 rings (SSSR count). The number of rotatable bonds is 3. The van der Waals surface area contributed by atoms with E-state index >= 15 is 0 Å². The van der Waals surface area contributed by atoms with Crippen molar-refractivity contribution in [2.24, 2.45) is 17.8 Å². The van der Waals surface area contributed by atoms with Crippen molar-refractivity contribution in [3.8, 4) is 12.3 Å². The van der Waals surface area contributed by atoms with Gasteiger partial charge in [0.1, 0.15) is 0 Å². The Kier molecular flexibility index (Phi) is 5.14. The maximum absolute atomic E-state index is 5.51. The van der Waals surface area contributed by atoms with Crippen LogP contribution in [0.3, 0.4) is 0 Å². The highest BCUT2D eigenvalue weighted by molar-refractivity contribution is 5.46. The molecule has 0 aromatic carbocycles. The molecule has 1 fully saturated rings. The van der Waals surface area contributed by atoms with Crippen LogP contribution in [-0.2, 0) is 0 Å². The second kappa shape index (κ2) is 7.31. The average molecular weight is 319 g/mol. The molecule has 0 radical (unpaired) electrons. The standard InChI is InChI=1S/C23H29N/c1-5-20-7-9-21(10-8-20)22-12-14-24(15-13-22)19(4)23-11-6-17(2)16-18(23)3/h1,7,9-11,16-17,20,22H,4,6,8,12-15H2,2-3H3. The Balaban J connectivity index is 1.57. The van der Waals surface area contributed by atoms with Gasteiger partial charge < -0.3 is 4.90 Å². The lowest BCUT2D eigenvalue weighted by atomic mass is 9.83. The molecule has 0 saturated carbocycles. The zero-order valence-corrected chi connectivity index (χ0v) is 15.1. The number of terminal acetylenes is 1. The monoisotopic (exact) mass is 319 g/mol. The van der Waals surface area contributed by atoms with Crippen LogP contribution in [0, 0.1) is 30.1 Å². The number of likely N-dealkylation sites (tertiary alicyclic amines) is 1. The molecular weight excluding hydrogens is 290 g/mol. The van der Waals surface area contributed by atoms with Crippen LogP contribution in [0.25, 0.3) is 0 Å². The van der Waals surface area contributed by atoms with E-state index in [1.54, 1.807) is 0 Å². The van der Waals surface area contributed by atoms with Crippen molar-refractivity contribution < 1.29 is 0 Å². The number of nitrogens with zero attached hydrogens (tertiary/aromatic N) is 1. The van der Waals surface area contributed by atoms with Gasteiger partial charge in [0.05, 0.1) is 0 Å². The summed E-state index contributed by atoms with van der Waals surface area (Å²) in [7, 11) is 0. The van der Waals surface area contributed by atoms with Crippen LogP contribution in [-0.4, -0.2) is 18.0 Å². The summed E-state index contributed by atoms with van der Waals surface area (Å²) in [5.74, 6) is 4.46. The van der Waals surface area contributed by atoms with E-state index in [9.17, 15) is 0 Å². The minimum atomic E-state index is 0.295. The lowest BCUT2D eigenvalue weighted by Crippen LogP contribution is -2.34. The molecule has 1 saturated heterocycles. The molecule has 1 heteroatoms. The Morgan fingerprint density at radius 1 is 1.25 bits per heavy atom. The number of hydrogen-bond donors (Lipinski definition) is 0. The third-order valence-electron chi connectivity index (χ3n) is 5.65. The van der Waals surface area contributed by atoms with E-state index in [1.807, 2.05) is 0 Å². The zero-order valence-electron chi connectivity index (χ0n) is 15.1. The van der Waals surface area contributed by atoms with Crippen LogP contribution in [0.2, 0.25) is 0 Å². The Morgan fingerprint density at radius 3 is 2.58 bits per heavy atom. The fraction of sp³-hybridized carbons (Fsp3) is 0.478. The summed E-state index contributed by atoms with van der Waals surface area (Å²) < 4.78 is 0. The fourth-order valence-corrected chi connectivity index (χ4v) is 4.11. The van der Waals surface area contributed by atoms with E-state index in [2.05, 4.69) is 61.6 Å². The predicted molar refractivity (Wildman–Crippen MR) is 103 cm³/mol. The van der Waals surface area contributed by atoms with E-state index in [4.69, 9.17) is 6.42 Å². The van der Waals surface area contributed by atoms with E-state index < -0.39 is 0 Å². The Morgan fingerprint density at radius 2 is 2.00 bits per heavy atom. The van der Waals surface area contributed by atoms with Gasteiger partial charge in [-0.15, -0.1) is 6.42 Å². The summed E-state index contributed by atoms with van der Waals surface area (Å²) in [5.41, 5.74) is 5.46. The summed E-state index contributed by atoms with van der Waals surface area (Å²) in [5, 5.41) is 0. The number of allylic oxidation sites excluding steroid dienone is 7. The third-order valence-corrected chi connectivity index (χ3v) is 5.65. The van der Waals surface area contributed by atoms with E-state index in [1.165, 1.54) is 35.3 Å². The van der Waals surface area contributed by atoms with Crippen molar-refractivity contribution in [2.45, 2.75) is 39.5 Å². The molecule has 0 amide bonds. The first-order chi connectivity index (χ1) is 11.6. The maximum atomic E-state index is 5.51. The number of piperidine rings is 1. The highest BCUT2D eigenvalue weighted by Crippen LogP contribution is 2.34. The van der Waals surface area contributed by atoms with Crippen LogP contribution in [0.5, 0.6) is 0 Å². The molecular formula is C23H29N. The van der Waals surface area contributed by atoms with Gasteiger partial charge >= 0.3 is 0 Å². The Bertz CT molecular complexity index is 657. The minimum Gasteiger partial charge on any atom is -0.371 e. The van der Waals surface area contributed by atoms with Crippen LogP contribution in [0.4, 0.5) is 0 Å². The first kappa shape index (κ1) is 16.9. The highest BCUT2D eigenvalue weighted by Gasteiger charge is 2.25. The molecule has 1 nitrogen and oxygen atoms in total. The van der Waals surface area contributed by atoms with Gasteiger partial charge in [-0.2, -0.15) is 0 Å². The summed E-state index contributed by atoms with van der Waals surface area (Å²) >= 11 is 0. The molecule has 1 aliphatic heterocycles. The predicted octanol–water partition coefficient (Wildman–Crippen LogP) is 5.26. The average Bonchev–Trinajstić information content (AvgIpc) is 2.61. The number of hydrogen-bond acceptors (Lipinski definition) is 1. The maximum Gasteiger partial charge on any atom is 0.0417 e. The Labute approximate surface area is 147 Å². The lowest BCUT2D eigenvalue weighted by molar-refractivity contribution is 0.251. The van der Waals surface area contributed by atoms with E-state index in [0.29, 0.717) is 17.8 Å². The van der Waals surface area contributed by atoms with Crippen LogP contribution in [0.1, 0.15) is 39.5 Å².